The number of nitrogens with one attached hydrogen (secondary N) is 1. The molecular weight excluding hydrogens is 431 g/mol. The molecule has 0 saturated carbocycles. The third-order valence-corrected chi connectivity index (χ3v) is 4.99. The number of nitriles is 1. The van der Waals surface area contributed by atoms with E-state index in [-0.39, 0.29) is 21.8 Å². The number of anilines is 2. The number of carbonyl (C=O) groups is 1. The van der Waals surface area contributed by atoms with Crippen LogP contribution in [0.4, 0.5) is 17.1 Å². The van der Waals surface area contributed by atoms with Crippen LogP contribution in [0.15, 0.2) is 42.0 Å². The first-order chi connectivity index (χ1) is 14.4. The fourth-order valence-electron chi connectivity index (χ4n) is 2.94. The second-order valence-corrected chi connectivity index (χ2v) is 7.19. The summed E-state index contributed by atoms with van der Waals surface area (Å²) in [6.07, 6.45) is 1.21. The summed E-state index contributed by atoms with van der Waals surface area (Å²) in [7, 11) is 0. The number of halogens is 2. The predicted molar refractivity (Wildman–Crippen MR) is 115 cm³/mol. The lowest BCUT2D eigenvalue weighted by atomic mass is 10.1. The molecule has 0 spiro atoms. The van der Waals surface area contributed by atoms with Gasteiger partial charge in [0.25, 0.3) is 11.6 Å². The van der Waals surface area contributed by atoms with E-state index in [9.17, 15) is 20.2 Å². The molecule has 1 heterocycles. The molecule has 2 aromatic rings. The molecule has 1 fully saturated rings. The summed E-state index contributed by atoms with van der Waals surface area (Å²) < 4.78 is 5.36. The first kappa shape index (κ1) is 21.6. The molecule has 0 aliphatic carbocycles. The highest BCUT2D eigenvalue weighted by atomic mass is 35.5. The first-order valence-electron chi connectivity index (χ1n) is 8.88. The van der Waals surface area contributed by atoms with Gasteiger partial charge in [0, 0.05) is 40.8 Å². The second-order valence-electron chi connectivity index (χ2n) is 6.35. The molecule has 0 aromatic heterocycles. The molecule has 2 aromatic carbocycles. The zero-order valence-corrected chi connectivity index (χ0v) is 17.1. The molecule has 8 nitrogen and oxygen atoms in total. The van der Waals surface area contributed by atoms with E-state index in [0.29, 0.717) is 37.0 Å². The van der Waals surface area contributed by atoms with Crippen molar-refractivity contribution in [3.05, 3.63) is 67.7 Å². The fraction of sp³-hybridized carbons (Fsp3) is 0.200. The third-order valence-electron chi connectivity index (χ3n) is 4.41. The molecule has 0 bridgehead atoms. The van der Waals surface area contributed by atoms with Gasteiger partial charge in [-0.25, -0.2) is 0 Å². The summed E-state index contributed by atoms with van der Waals surface area (Å²) >= 11 is 12.2. The molecule has 1 aliphatic rings. The molecule has 1 N–H and O–H groups in total. The van der Waals surface area contributed by atoms with Crippen LogP contribution in [0.5, 0.6) is 0 Å². The Balaban J connectivity index is 1.90. The van der Waals surface area contributed by atoms with Crippen molar-refractivity contribution in [2.24, 2.45) is 0 Å². The normalized spacial score (nSPS) is 14.2. The minimum absolute atomic E-state index is 0.179. The molecule has 30 heavy (non-hydrogen) atoms. The Morgan fingerprint density at radius 1 is 1.23 bits per heavy atom. The van der Waals surface area contributed by atoms with Crippen molar-refractivity contribution in [3.63, 3.8) is 0 Å². The number of morpholine rings is 1. The number of nitrogens with zero attached hydrogens (tertiary/aromatic N) is 3. The summed E-state index contributed by atoms with van der Waals surface area (Å²) in [5, 5.41) is 23.8. The number of nitro groups is 1. The van der Waals surface area contributed by atoms with Gasteiger partial charge in [-0.1, -0.05) is 23.2 Å². The Bertz CT molecular complexity index is 1060. The Morgan fingerprint density at radius 3 is 2.63 bits per heavy atom. The summed E-state index contributed by atoms with van der Waals surface area (Å²) in [6, 6.07) is 10.7. The van der Waals surface area contributed by atoms with E-state index in [4.69, 9.17) is 27.9 Å². The van der Waals surface area contributed by atoms with Crippen molar-refractivity contribution in [3.8, 4) is 6.07 Å². The average molecular weight is 447 g/mol. The topological polar surface area (TPSA) is 108 Å². The summed E-state index contributed by atoms with van der Waals surface area (Å²) in [4.78, 5) is 25.2. The van der Waals surface area contributed by atoms with Crippen LogP contribution in [0.1, 0.15) is 5.56 Å². The van der Waals surface area contributed by atoms with Crippen LogP contribution in [-0.2, 0) is 9.53 Å². The number of non-ortho nitro benzene ring substituents is 1. The minimum Gasteiger partial charge on any atom is -0.378 e. The number of amides is 1. The lowest BCUT2D eigenvalue weighted by Crippen LogP contribution is -2.36. The Morgan fingerprint density at radius 2 is 1.97 bits per heavy atom. The van der Waals surface area contributed by atoms with Crippen molar-refractivity contribution >= 4 is 52.2 Å². The van der Waals surface area contributed by atoms with Gasteiger partial charge in [0.15, 0.2) is 0 Å². The number of hydrogen-bond acceptors (Lipinski definition) is 6. The SMILES string of the molecule is N#C/C(=C\c1cc([N+](=O)[O-])ccc1Cl)C(=O)Nc1cc(Cl)ccc1N1CCOCC1. The smallest absolute Gasteiger partial charge is 0.270 e. The van der Waals surface area contributed by atoms with Crippen LogP contribution < -0.4 is 10.2 Å². The summed E-state index contributed by atoms with van der Waals surface area (Å²) in [5.41, 5.74) is 0.928. The molecule has 0 atom stereocenters. The largest absolute Gasteiger partial charge is 0.378 e. The van der Waals surface area contributed by atoms with Gasteiger partial charge in [0.2, 0.25) is 0 Å². The molecular formula is C20H16Cl2N4O4. The molecule has 3 rings (SSSR count). The molecule has 10 heteroatoms. The van der Waals surface area contributed by atoms with Crippen molar-refractivity contribution in [2.45, 2.75) is 0 Å². The molecule has 1 amide bonds. The number of ether oxygens (including phenoxy) is 1. The number of nitro benzene ring substituents is 1. The van der Waals surface area contributed by atoms with Crippen LogP contribution in [0.25, 0.3) is 6.08 Å². The number of hydrogen-bond donors (Lipinski definition) is 1. The van der Waals surface area contributed by atoms with E-state index in [2.05, 4.69) is 5.32 Å². The van der Waals surface area contributed by atoms with E-state index in [1.54, 1.807) is 18.2 Å². The fourth-order valence-corrected chi connectivity index (χ4v) is 3.28. The van der Waals surface area contributed by atoms with Gasteiger partial charge in [0.05, 0.1) is 29.5 Å². The maximum Gasteiger partial charge on any atom is 0.270 e. The van der Waals surface area contributed by atoms with Crippen molar-refractivity contribution in [1.29, 1.82) is 5.26 Å². The maximum absolute atomic E-state index is 12.8. The molecule has 1 saturated heterocycles. The molecule has 0 unspecified atom stereocenters. The maximum atomic E-state index is 12.8. The highest BCUT2D eigenvalue weighted by molar-refractivity contribution is 6.32. The highest BCUT2D eigenvalue weighted by Crippen LogP contribution is 2.31. The van der Waals surface area contributed by atoms with Crippen LogP contribution in [0.2, 0.25) is 10.0 Å². The van der Waals surface area contributed by atoms with Gasteiger partial charge in [-0.2, -0.15) is 5.26 Å². The van der Waals surface area contributed by atoms with Gasteiger partial charge in [-0.05, 0) is 30.3 Å². The zero-order valence-electron chi connectivity index (χ0n) is 15.6. The Hall–Kier alpha value is -3.12. The van der Waals surface area contributed by atoms with Crippen LogP contribution in [0, 0.1) is 21.4 Å². The van der Waals surface area contributed by atoms with E-state index in [1.807, 2.05) is 11.0 Å². The summed E-state index contributed by atoms with van der Waals surface area (Å²) in [5.74, 6) is -0.683. The Labute approximate surface area is 182 Å². The first-order valence-corrected chi connectivity index (χ1v) is 9.64. The van der Waals surface area contributed by atoms with E-state index in [1.165, 1.54) is 24.3 Å². The highest BCUT2D eigenvalue weighted by Gasteiger charge is 2.19. The molecule has 154 valence electrons. The van der Waals surface area contributed by atoms with Crippen LogP contribution in [0.3, 0.4) is 0 Å². The second kappa shape index (κ2) is 9.59. The monoisotopic (exact) mass is 446 g/mol. The minimum atomic E-state index is -0.683. The Kier molecular flexibility index (Phi) is 6.90. The van der Waals surface area contributed by atoms with Crippen LogP contribution >= 0.6 is 23.2 Å². The number of benzene rings is 2. The van der Waals surface area contributed by atoms with E-state index < -0.39 is 10.8 Å². The van der Waals surface area contributed by atoms with Crippen molar-refractivity contribution < 1.29 is 14.5 Å². The van der Waals surface area contributed by atoms with Gasteiger partial charge < -0.3 is 15.0 Å². The number of rotatable bonds is 5. The standard InChI is InChI=1S/C20H16Cl2N4O4/c21-15-1-4-19(25-5-7-30-8-6-25)18(11-15)24-20(27)14(12-23)9-13-10-16(26(28)29)2-3-17(13)22/h1-4,9-11H,5-8H2,(H,24,27)/b14-9+. The van der Waals surface area contributed by atoms with Gasteiger partial charge >= 0.3 is 0 Å². The average Bonchev–Trinajstić information content (AvgIpc) is 2.73. The van der Waals surface area contributed by atoms with Gasteiger partial charge in [-0.15, -0.1) is 0 Å². The number of carbonyl (C=O) groups excluding carboxylic acids is 1. The van der Waals surface area contributed by atoms with Gasteiger partial charge in [0.1, 0.15) is 11.6 Å². The quantitative estimate of drug-likeness (QED) is 0.317. The predicted octanol–water partition coefficient (Wildman–Crippen LogP) is 4.28. The van der Waals surface area contributed by atoms with E-state index >= 15 is 0 Å². The molecule has 0 radical (unpaired) electrons. The van der Waals surface area contributed by atoms with Crippen molar-refractivity contribution in [2.75, 3.05) is 36.5 Å². The van der Waals surface area contributed by atoms with Gasteiger partial charge in [-0.3, -0.25) is 14.9 Å². The zero-order chi connectivity index (χ0) is 21.7. The summed E-state index contributed by atoms with van der Waals surface area (Å²) in [6.45, 7) is 2.42. The van der Waals surface area contributed by atoms with Crippen LogP contribution in [-0.4, -0.2) is 37.1 Å². The third kappa shape index (κ3) is 5.07. The van der Waals surface area contributed by atoms with Crippen molar-refractivity contribution in [1.82, 2.24) is 0 Å². The lowest BCUT2D eigenvalue weighted by Gasteiger charge is -2.30. The lowest BCUT2D eigenvalue weighted by molar-refractivity contribution is -0.384. The molecule has 1 aliphatic heterocycles. The van der Waals surface area contributed by atoms with E-state index in [0.717, 1.165) is 5.69 Å².